The van der Waals surface area contributed by atoms with Crippen molar-refractivity contribution < 1.29 is 44.4 Å². The Morgan fingerprint density at radius 2 is 1.49 bits per heavy atom. The van der Waals surface area contributed by atoms with Gasteiger partial charge in [0, 0.05) is 12.8 Å². The van der Waals surface area contributed by atoms with Crippen molar-refractivity contribution in [2.24, 2.45) is 11.5 Å². The van der Waals surface area contributed by atoms with Gasteiger partial charge in [0.25, 0.3) is 0 Å². The van der Waals surface area contributed by atoms with Crippen LogP contribution in [0.2, 0.25) is 0 Å². The SMILES string of the molecule is CC(O)C(NC(=O)C(CCC(N)=O)NC(=O)C(Cc1ccc(O)cc1)NC(=O)C(N)CO)C(=O)O. The second kappa shape index (κ2) is 13.8. The molecule has 1 aromatic carbocycles. The lowest BCUT2D eigenvalue weighted by molar-refractivity contribution is -0.145. The van der Waals surface area contributed by atoms with Crippen molar-refractivity contribution in [3.05, 3.63) is 29.8 Å². The number of nitrogens with one attached hydrogen (secondary N) is 3. The number of benzene rings is 1. The molecule has 5 atom stereocenters. The fraction of sp³-hybridized carbons (Fsp3) is 0.476. The lowest BCUT2D eigenvalue weighted by atomic mass is 10.0. The number of aromatic hydroxyl groups is 1. The number of carbonyl (C=O) groups is 5. The number of phenols is 1. The first-order chi connectivity index (χ1) is 16.3. The van der Waals surface area contributed by atoms with Gasteiger partial charge in [0.1, 0.15) is 23.9 Å². The highest BCUT2D eigenvalue weighted by Gasteiger charge is 2.32. The second-order valence-electron chi connectivity index (χ2n) is 7.85. The molecule has 0 aliphatic heterocycles. The molecule has 0 aliphatic rings. The van der Waals surface area contributed by atoms with Crippen molar-refractivity contribution in [2.75, 3.05) is 6.61 Å². The zero-order chi connectivity index (χ0) is 26.7. The summed E-state index contributed by atoms with van der Waals surface area (Å²) < 4.78 is 0. The smallest absolute Gasteiger partial charge is 0.328 e. The average Bonchev–Trinajstić information content (AvgIpc) is 2.79. The van der Waals surface area contributed by atoms with Crippen molar-refractivity contribution in [3.63, 3.8) is 0 Å². The minimum atomic E-state index is -1.69. The minimum Gasteiger partial charge on any atom is -0.508 e. The molecule has 0 aromatic heterocycles. The number of rotatable bonds is 14. The highest BCUT2D eigenvalue weighted by Crippen LogP contribution is 2.12. The Bertz CT molecular complexity index is 907. The van der Waals surface area contributed by atoms with Crippen molar-refractivity contribution >= 4 is 29.6 Å². The summed E-state index contributed by atoms with van der Waals surface area (Å²) in [6, 6.07) is -0.0714. The Kier molecular flexibility index (Phi) is 11.6. The number of hydrogen-bond donors (Lipinski definition) is 9. The molecule has 0 radical (unpaired) electrons. The van der Waals surface area contributed by atoms with Gasteiger partial charge in [-0.2, -0.15) is 0 Å². The van der Waals surface area contributed by atoms with Gasteiger partial charge in [-0.3, -0.25) is 19.2 Å². The third-order valence-corrected chi connectivity index (χ3v) is 4.90. The molecule has 0 fully saturated rings. The molecule has 0 heterocycles. The van der Waals surface area contributed by atoms with Gasteiger partial charge in [0.15, 0.2) is 6.04 Å². The summed E-state index contributed by atoms with van der Waals surface area (Å²) in [4.78, 5) is 60.5. The number of amides is 4. The Balaban J connectivity index is 3.14. The van der Waals surface area contributed by atoms with Crippen LogP contribution in [-0.4, -0.2) is 86.9 Å². The van der Waals surface area contributed by atoms with E-state index in [2.05, 4.69) is 16.0 Å². The van der Waals surface area contributed by atoms with Crippen LogP contribution < -0.4 is 27.4 Å². The van der Waals surface area contributed by atoms with Gasteiger partial charge in [0.2, 0.25) is 23.6 Å². The van der Waals surface area contributed by atoms with Crippen LogP contribution in [0.5, 0.6) is 5.75 Å². The number of carboxylic acid groups (broad SMARTS) is 1. The van der Waals surface area contributed by atoms with E-state index >= 15 is 0 Å². The molecule has 35 heavy (non-hydrogen) atoms. The number of primary amides is 1. The summed E-state index contributed by atoms with van der Waals surface area (Å²) >= 11 is 0. The first-order valence-corrected chi connectivity index (χ1v) is 10.6. The van der Waals surface area contributed by atoms with Crippen LogP contribution in [0.4, 0.5) is 0 Å². The first-order valence-electron chi connectivity index (χ1n) is 10.6. The Morgan fingerprint density at radius 3 is 1.97 bits per heavy atom. The fourth-order valence-electron chi connectivity index (χ4n) is 2.91. The van der Waals surface area contributed by atoms with Crippen LogP contribution >= 0.6 is 0 Å². The van der Waals surface area contributed by atoms with E-state index in [1.165, 1.54) is 24.3 Å². The molecule has 0 bridgehead atoms. The van der Waals surface area contributed by atoms with Crippen LogP contribution in [0.15, 0.2) is 24.3 Å². The van der Waals surface area contributed by atoms with E-state index in [1.807, 2.05) is 0 Å². The number of phenolic OH excluding ortho intramolecular Hbond substituents is 1. The predicted octanol–water partition coefficient (Wildman–Crippen LogP) is -3.56. The van der Waals surface area contributed by atoms with Crippen LogP contribution in [-0.2, 0) is 30.4 Å². The molecule has 194 valence electrons. The molecule has 0 spiro atoms. The third-order valence-electron chi connectivity index (χ3n) is 4.90. The molecular weight excluding hydrogens is 466 g/mol. The zero-order valence-corrected chi connectivity index (χ0v) is 19.0. The average molecular weight is 498 g/mol. The van der Waals surface area contributed by atoms with Crippen LogP contribution in [0.25, 0.3) is 0 Å². The quantitative estimate of drug-likeness (QED) is 0.122. The number of aliphatic carboxylic acids is 1. The maximum Gasteiger partial charge on any atom is 0.328 e. The van der Waals surface area contributed by atoms with E-state index in [1.54, 1.807) is 0 Å². The van der Waals surface area contributed by atoms with Gasteiger partial charge >= 0.3 is 5.97 Å². The van der Waals surface area contributed by atoms with Crippen molar-refractivity contribution in [3.8, 4) is 5.75 Å². The fourth-order valence-corrected chi connectivity index (χ4v) is 2.91. The molecule has 5 unspecified atom stereocenters. The maximum absolute atomic E-state index is 13.0. The van der Waals surface area contributed by atoms with Gasteiger partial charge in [-0.25, -0.2) is 4.79 Å². The number of aliphatic hydroxyl groups is 2. The van der Waals surface area contributed by atoms with Crippen LogP contribution in [0.3, 0.4) is 0 Å². The summed E-state index contributed by atoms with van der Waals surface area (Å²) in [7, 11) is 0. The van der Waals surface area contributed by atoms with E-state index in [9.17, 15) is 39.3 Å². The van der Waals surface area contributed by atoms with Gasteiger partial charge in [-0.1, -0.05) is 12.1 Å². The van der Waals surface area contributed by atoms with Crippen LogP contribution in [0, 0.1) is 0 Å². The van der Waals surface area contributed by atoms with E-state index in [0.29, 0.717) is 5.56 Å². The zero-order valence-electron chi connectivity index (χ0n) is 19.0. The van der Waals surface area contributed by atoms with Crippen LogP contribution in [0.1, 0.15) is 25.3 Å². The number of carboxylic acids is 1. The number of carbonyl (C=O) groups excluding carboxylic acids is 4. The third kappa shape index (κ3) is 9.95. The number of nitrogens with two attached hydrogens (primary N) is 2. The van der Waals surface area contributed by atoms with Gasteiger partial charge < -0.3 is 47.8 Å². The van der Waals surface area contributed by atoms with E-state index < -0.39 is 66.5 Å². The Labute approximate surface area is 200 Å². The standard InChI is InChI=1S/C21H31N5O9/c1-10(28)17(21(34)35)26-19(32)14(6-7-16(23)30)24-20(33)15(25-18(31)13(22)9-27)8-11-2-4-12(29)5-3-11/h2-5,10,13-15,17,27-29H,6-9,22H2,1H3,(H2,23,30)(H,24,33)(H,25,31)(H,26,32)(H,34,35). The Hall–Kier alpha value is -3.75. The summed E-state index contributed by atoms with van der Waals surface area (Å²) in [5.41, 5.74) is 11.1. The largest absolute Gasteiger partial charge is 0.508 e. The molecule has 4 amide bonds. The van der Waals surface area contributed by atoms with Gasteiger partial charge in [-0.15, -0.1) is 0 Å². The highest BCUT2D eigenvalue weighted by atomic mass is 16.4. The van der Waals surface area contributed by atoms with Crippen molar-refractivity contribution in [1.29, 1.82) is 0 Å². The van der Waals surface area contributed by atoms with Crippen molar-refractivity contribution in [1.82, 2.24) is 16.0 Å². The predicted molar refractivity (Wildman–Crippen MR) is 120 cm³/mol. The van der Waals surface area contributed by atoms with Crippen molar-refractivity contribution in [2.45, 2.75) is 56.5 Å². The topological polar surface area (TPSA) is 254 Å². The molecule has 1 rings (SSSR count). The number of aliphatic hydroxyl groups excluding tert-OH is 2. The molecule has 0 aliphatic carbocycles. The summed E-state index contributed by atoms with van der Waals surface area (Å²) in [6.07, 6.45) is -2.21. The highest BCUT2D eigenvalue weighted by molar-refractivity contribution is 5.94. The molecule has 0 saturated carbocycles. The van der Waals surface area contributed by atoms with Gasteiger partial charge in [-0.05, 0) is 31.0 Å². The minimum absolute atomic E-state index is 0.0321. The maximum atomic E-state index is 13.0. The summed E-state index contributed by atoms with van der Waals surface area (Å²) in [5, 5.41) is 44.1. The summed E-state index contributed by atoms with van der Waals surface area (Å²) in [6.45, 7) is 0.447. The monoisotopic (exact) mass is 497 g/mol. The molecule has 14 nitrogen and oxygen atoms in total. The normalized spacial score (nSPS) is 15.1. The molecular formula is C21H31N5O9. The first kappa shape index (κ1) is 29.3. The second-order valence-corrected chi connectivity index (χ2v) is 7.85. The lowest BCUT2D eigenvalue weighted by Crippen LogP contribution is -2.59. The molecule has 14 heteroatoms. The molecule has 0 saturated heterocycles. The number of hydrogen-bond acceptors (Lipinski definition) is 9. The summed E-state index contributed by atoms with van der Waals surface area (Å²) in [5.74, 6) is -5.09. The van der Waals surface area contributed by atoms with E-state index in [4.69, 9.17) is 16.6 Å². The Morgan fingerprint density at radius 1 is 0.943 bits per heavy atom. The van der Waals surface area contributed by atoms with Gasteiger partial charge in [0.05, 0.1) is 12.7 Å². The molecule has 11 N–H and O–H groups in total. The van der Waals surface area contributed by atoms with E-state index in [0.717, 1.165) is 6.92 Å². The lowest BCUT2D eigenvalue weighted by Gasteiger charge is -2.25. The molecule has 1 aromatic rings. The van der Waals surface area contributed by atoms with E-state index in [-0.39, 0.29) is 25.0 Å².